The van der Waals surface area contributed by atoms with Crippen LogP contribution in [0.4, 0.5) is 0 Å². The molecule has 15 heavy (non-hydrogen) atoms. The minimum atomic E-state index is 0.577. The van der Waals surface area contributed by atoms with Crippen molar-refractivity contribution in [1.29, 1.82) is 0 Å². The summed E-state index contributed by atoms with van der Waals surface area (Å²) in [6, 6.07) is 12.4. The van der Waals surface area contributed by atoms with Gasteiger partial charge in [-0.05, 0) is 29.2 Å². The Morgan fingerprint density at radius 1 is 0.933 bits per heavy atom. The molecule has 0 saturated heterocycles. The molecule has 0 atom stereocenters. The zero-order valence-corrected chi connectivity index (χ0v) is 9.11. The zero-order valence-electron chi connectivity index (χ0n) is 8.36. The van der Waals surface area contributed by atoms with E-state index >= 15 is 0 Å². The fraction of sp³-hybridized carbons (Fsp3) is 0.154. The predicted molar refractivity (Wildman–Crippen MR) is 63.0 cm³/mol. The van der Waals surface area contributed by atoms with Crippen molar-refractivity contribution in [2.75, 3.05) is 0 Å². The molecule has 76 valence electrons. The van der Waals surface area contributed by atoms with E-state index in [0.717, 1.165) is 12.0 Å². The second-order valence-corrected chi connectivity index (χ2v) is 3.76. The summed E-state index contributed by atoms with van der Waals surface area (Å²) >= 11 is 5.73. The molecule has 2 rings (SSSR count). The lowest BCUT2D eigenvalue weighted by molar-refractivity contribution is 1.14. The van der Waals surface area contributed by atoms with Crippen LogP contribution < -0.4 is 0 Å². The van der Waals surface area contributed by atoms with Crippen LogP contribution in [0, 0.1) is 0 Å². The first-order valence-corrected chi connectivity index (χ1v) is 5.44. The van der Waals surface area contributed by atoms with Crippen molar-refractivity contribution in [3.63, 3.8) is 0 Å². The Kier molecular flexibility index (Phi) is 3.36. The third-order valence-electron chi connectivity index (χ3n) is 2.31. The fourth-order valence-corrected chi connectivity index (χ4v) is 1.66. The van der Waals surface area contributed by atoms with E-state index in [4.69, 9.17) is 11.6 Å². The summed E-state index contributed by atoms with van der Waals surface area (Å²) in [5.74, 6) is 0.577. The highest BCUT2D eigenvalue weighted by Gasteiger charge is 1.96. The lowest BCUT2D eigenvalue weighted by atomic mass is 10.1. The summed E-state index contributed by atoms with van der Waals surface area (Å²) in [5.41, 5.74) is 3.68. The van der Waals surface area contributed by atoms with Crippen molar-refractivity contribution in [2.24, 2.45) is 0 Å². The lowest BCUT2D eigenvalue weighted by Crippen LogP contribution is -1.89. The molecule has 0 aliphatic rings. The molecule has 0 aliphatic carbocycles. The molecule has 0 radical (unpaired) electrons. The molecule has 1 heterocycles. The Bertz CT molecular complexity index is 408. The van der Waals surface area contributed by atoms with Crippen molar-refractivity contribution >= 4 is 11.6 Å². The van der Waals surface area contributed by atoms with E-state index in [9.17, 15) is 0 Å². The largest absolute Gasteiger partial charge is 0.264 e. The molecule has 1 aromatic carbocycles. The first kappa shape index (κ1) is 10.2. The van der Waals surface area contributed by atoms with Gasteiger partial charge in [-0.25, -0.2) is 0 Å². The van der Waals surface area contributed by atoms with Crippen molar-refractivity contribution in [3.05, 3.63) is 65.5 Å². The standard InChI is InChI=1S/C13H12ClN/c14-9-12-5-3-11(4-6-12)8-13-2-1-7-15-10-13/h1-7,10H,8-9H2. The molecular weight excluding hydrogens is 206 g/mol. The van der Waals surface area contributed by atoms with Crippen LogP contribution in [0.2, 0.25) is 0 Å². The maximum Gasteiger partial charge on any atom is 0.0474 e. The van der Waals surface area contributed by atoms with Gasteiger partial charge in [0, 0.05) is 18.3 Å². The maximum absolute atomic E-state index is 5.73. The van der Waals surface area contributed by atoms with Crippen molar-refractivity contribution in [2.45, 2.75) is 12.3 Å². The normalized spacial score (nSPS) is 10.2. The van der Waals surface area contributed by atoms with Crippen molar-refractivity contribution in [1.82, 2.24) is 4.98 Å². The minimum Gasteiger partial charge on any atom is -0.264 e. The van der Waals surface area contributed by atoms with Gasteiger partial charge in [-0.3, -0.25) is 4.98 Å². The number of hydrogen-bond donors (Lipinski definition) is 0. The summed E-state index contributed by atoms with van der Waals surface area (Å²) in [5, 5.41) is 0. The average molecular weight is 218 g/mol. The lowest BCUT2D eigenvalue weighted by Gasteiger charge is -2.02. The molecule has 0 amide bonds. The van der Waals surface area contributed by atoms with Gasteiger partial charge in [-0.1, -0.05) is 30.3 Å². The number of rotatable bonds is 3. The molecular formula is C13H12ClN. The Balaban J connectivity index is 2.11. The maximum atomic E-state index is 5.73. The zero-order chi connectivity index (χ0) is 10.5. The smallest absolute Gasteiger partial charge is 0.0474 e. The number of pyridine rings is 1. The average Bonchev–Trinajstić information content (AvgIpc) is 2.31. The van der Waals surface area contributed by atoms with Crippen LogP contribution in [-0.4, -0.2) is 4.98 Å². The molecule has 1 aromatic heterocycles. The van der Waals surface area contributed by atoms with E-state index in [2.05, 4.69) is 35.3 Å². The minimum absolute atomic E-state index is 0.577. The highest BCUT2D eigenvalue weighted by molar-refractivity contribution is 6.17. The van der Waals surface area contributed by atoms with E-state index in [-0.39, 0.29) is 0 Å². The highest BCUT2D eigenvalue weighted by atomic mass is 35.5. The number of aromatic nitrogens is 1. The first-order valence-electron chi connectivity index (χ1n) is 4.91. The van der Waals surface area contributed by atoms with Crippen LogP contribution in [0.25, 0.3) is 0 Å². The molecule has 0 saturated carbocycles. The Labute approximate surface area is 94.7 Å². The molecule has 0 fully saturated rings. The van der Waals surface area contributed by atoms with E-state index in [1.165, 1.54) is 11.1 Å². The molecule has 0 unspecified atom stereocenters. The second kappa shape index (κ2) is 4.94. The van der Waals surface area contributed by atoms with Crippen LogP contribution >= 0.6 is 11.6 Å². The van der Waals surface area contributed by atoms with E-state index in [0.29, 0.717) is 5.88 Å². The summed E-state index contributed by atoms with van der Waals surface area (Å²) in [7, 11) is 0. The van der Waals surface area contributed by atoms with Gasteiger partial charge in [-0.2, -0.15) is 0 Å². The fourth-order valence-electron chi connectivity index (χ4n) is 1.48. The Morgan fingerprint density at radius 3 is 2.27 bits per heavy atom. The van der Waals surface area contributed by atoms with Gasteiger partial charge >= 0.3 is 0 Å². The molecule has 2 aromatic rings. The second-order valence-electron chi connectivity index (χ2n) is 3.49. The van der Waals surface area contributed by atoms with E-state index in [1.54, 1.807) is 6.20 Å². The van der Waals surface area contributed by atoms with Crippen LogP contribution in [0.5, 0.6) is 0 Å². The Hall–Kier alpha value is -1.34. The summed E-state index contributed by atoms with van der Waals surface area (Å²) in [6.07, 6.45) is 4.62. The predicted octanol–water partition coefficient (Wildman–Crippen LogP) is 3.41. The monoisotopic (exact) mass is 217 g/mol. The van der Waals surface area contributed by atoms with Crippen LogP contribution in [0.3, 0.4) is 0 Å². The van der Waals surface area contributed by atoms with Gasteiger partial charge in [0.25, 0.3) is 0 Å². The number of hydrogen-bond acceptors (Lipinski definition) is 1. The third kappa shape index (κ3) is 2.80. The van der Waals surface area contributed by atoms with Gasteiger partial charge in [0.05, 0.1) is 0 Å². The van der Waals surface area contributed by atoms with Gasteiger partial charge in [0.2, 0.25) is 0 Å². The number of benzene rings is 1. The van der Waals surface area contributed by atoms with Crippen molar-refractivity contribution < 1.29 is 0 Å². The summed E-state index contributed by atoms with van der Waals surface area (Å²) < 4.78 is 0. The number of alkyl halides is 1. The van der Waals surface area contributed by atoms with Gasteiger partial charge < -0.3 is 0 Å². The molecule has 1 nitrogen and oxygen atoms in total. The molecule has 0 bridgehead atoms. The van der Waals surface area contributed by atoms with Crippen LogP contribution in [-0.2, 0) is 12.3 Å². The number of nitrogens with zero attached hydrogens (tertiary/aromatic N) is 1. The quantitative estimate of drug-likeness (QED) is 0.718. The van der Waals surface area contributed by atoms with E-state index in [1.807, 2.05) is 12.3 Å². The van der Waals surface area contributed by atoms with Gasteiger partial charge in [-0.15, -0.1) is 11.6 Å². The van der Waals surface area contributed by atoms with Gasteiger partial charge in [0.1, 0.15) is 0 Å². The van der Waals surface area contributed by atoms with Crippen LogP contribution in [0.1, 0.15) is 16.7 Å². The molecule has 0 spiro atoms. The summed E-state index contributed by atoms with van der Waals surface area (Å²) in [4.78, 5) is 4.09. The summed E-state index contributed by atoms with van der Waals surface area (Å²) in [6.45, 7) is 0. The molecule has 2 heteroatoms. The molecule has 0 N–H and O–H groups in total. The topological polar surface area (TPSA) is 12.9 Å². The van der Waals surface area contributed by atoms with E-state index < -0.39 is 0 Å². The van der Waals surface area contributed by atoms with Crippen LogP contribution in [0.15, 0.2) is 48.8 Å². The van der Waals surface area contributed by atoms with Crippen molar-refractivity contribution in [3.8, 4) is 0 Å². The molecule has 0 aliphatic heterocycles. The number of halogens is 1. The Morgan fingerprint density at radius 2 is 1.67 bits per heavy atom. The first-order chi connectivity index (χ1) is 7.38. The SMILES string of the molecule is ClCc1ccc(Cc2cccnc2)cc1. The van der Waals surface area contributed by atoms with Gasteiger partial charge in [0.15, 0.2) is 0 Å². The third-order valence-corrected chi connectivity index (χ3v) is 2.62. The highest BCUT2D eigenvalue weighted by Crippen LogP contribution is 2.11.